The van der Waals surface area contributed by atoms with Crippen LogP contribution < -0.4 is 0 Å². The zero-order chi connectivity index (χ0) is 14.5. The predicted octanol–water partition coefficient (Wildman–Crippen LogP) is 1.77. The topological polar surface area (TPSA) is 66.8 Å². The first-order valence-electron chi connectivity index (χ1n) is 6.66. The molecule has 1 aliphatic heterocycles. The van der Waals surface area contributed by atoms with Gasteiger partial charge >= 0.3 is 5.97 Å². The Kier molecular flexibility index (Phi) is 5.14. The highest BCUT2D eigenvalue weighted by molar-refractivity contribution is 7.09. The van der Waals surface area contributed by atoms with Crippen LogP contribution in [0.1, 0.15) is 24.1 Å². The van der Waals surface area contributed by atoms with Gasteiger partial charge < -0.3 is 14.7 Å². The van der Waals surface area contributed by atoms with Gasteiger partial charge in [0.15, 0.2) is 0 Å². The normalized spacial score (nSPS) is 22.1. The Labute approximate surface area is 122 Å². The third kappa shape index (κ3) is 3.80. The highest BCUT2D eigenvalue weighted by atomic mass is 32.1. The van der Waals surface area contributed by atoms with Crippen molar-refractivity contribution < 1.29 is 19.4 Å². The van der Waals surface area contributed by atoms with E-state index in [0.29, 0.717) is 25.8 Å². The quantitative estimate of drug-likeness (QED) is 0.869. The summed E-state index contributed by atoms with van der Waals surface area (Å²) >= 11 is 1.63. The summed E-state index contributed by atoms with van der Waals surface area (Å²) in [6.07, 6.45) is 1.68. The number of aliphatic carboxylic acids is 1. The zero-order valence-electron chi connectivity index (χ0n) is 11.4. The van der Waals surface area contributed by atoms with Gasteiger partial charge in [-0.15, -0.1) is 11.3 Å². The number of ether oxygens (including phenoxy) is 1. The number of amides is 1. The van der Waals surface area contributed by atoms with Gasteiger partial charge in [-0.05, 0) is 24.3 Å². The Hall–Kier alpha value is -1.40. The summed E-state index contributed by atoms with van der Waals surface area (Å²) in [5, 5.41) is 10.9. The van der Waals surface area contributed by atoms with Gasteiger partial charge in [0.05, 0.1) is 12.5 Å². The fourth-order valence-corrected chi connectivity index (χ4v) is 3.28. The molecular weight excluding hydrogens is 278 g/mol. The predicted molar refractivity (Wildman–Crippen MR) is 75.8 cm³/mol. The first kappa shape index (κ1) is 15.0. The molecule has 5 nitrogen and oxygen atoms in total. The van der Waals surface area contributed by atoms with Crippen LogP contribution in [0.25, 0.3) is 0 Å². The van der Waals surface area contributed by atoms with Crippen LogP contribution in [0, 0.1) is 0 Å². The number of hydrogen-bond donors (Lipinski definition) is 1. The van der Waals surface area contributed by atoms with Crippen molar-refractivity contribution in [3.8, 4) is 0 Å². The van der Waals surface area contributed by atoms with Gasteiger partial charge in [0, 0.05) is 31.0 Å². The largest absolute Gasteiger partial charge is 0.481 e. The second kappa shape index (κ2) is 6.85. The summed E-state index contributed by atoms with van der Waals surface area (Å²) < 4.78 is 5.27. The van der Waals surface area contributed by atoms with Gasteiger partial charge in [-0.25, -0.2) is 0 Å². The highest BCUT2D eigenvalue weighted by Gasteiger charge is 2.36. The van der Waals surface area contributed by atoms with Crippen LogP contribution >= 0.6 is 11.3 Å². The summed E-state index contributed by atoms with van der Waals surface area (Å²) in [6.45, 7) is 0.498. The fraction of sp³-hybridized carbons (Fsp3) is 0.571. The maximum Gasteiger partial charge on any atom is 0.305 e. The molecule has 0 saturated carbocycles. The monoisotopic (exact) mass is 297 g/mol. The molecule has 0 aromatic carbocycles. The first-order valence-corrected chi connectivity index (χ1v) is 7.54. The fourth-order valence-electron chi connectivity index (χ4n) is 2.57. The number of carboxylic acid groups (broad SMARTS) is 1. The number of carbonyl (C=O) groups is 2. The number of methoxy groups -OCH3 is 1. The Balaban J connectivity index is 1.93. The molecule has 1 amide bonds. The molecule has 20 heavy (non-hydrogen) atoms. The molecule has 2 atom stereocenters. The van der Waals surface area contributed by atoms with Crippen molar-refractivity contribution in [2.24, 2.45) is 0 Å². The standard InChI is InChI=1S/C14H19NO4S/c1-19-11-7-10(8-14(17)18)15(9-11)13(16)5-4-12-3-2-6-20-12/h2-3,6,10-11H,4-5,7-9H2,1H3,(H,17,18). The van der Waals surface area contributed by atoms with Crippen molar-refractivity contribution in [1.29, 1.82) is 0 Å². The molecule has 1 aliphatic rings. The number of carbonyl (C=O) groups excluding carboxylic acids is 1. The number of nitrogens with zero attached hydrogens (tertiary/aromatic N) is 1. The van der Waals surface area contributed by atoms with Gasteiger partial charge in [0.25, 0.3) is 0 Å². The molecule has 110 valence electrons. The Morgan fingerprint density at radius 3 is 2.95 bits per heavy atom. The lowest BCUT2D eigenvalue weighted by molar-refractivity contribution is -0.139. The second-order valence-electron chi connectivity index (χ2n) is 4.97. The molecule has 2 unspecified atom stereocenters. The number of rotatable bonds is 6. The maximum absolute atomic E-state index is 12.3. The van der Waals surface area contributed by atoms with Crippen molar-refractivity contribution in [2.45, 2.75) is 37.8 Å². The average Bonchev–Trinajstić information content (AvgIpc) is 3.04. The molecule has 2 rings (SSSR count). The van der Waals surface area contributed by atoms with Crippen LogP contribution in [0.15, 0.2) is 17.5 Å². The van der Waals surface area contributed by atoms with Gasteiger partial charge in [0.2, 0.25) is 5.91 Å². The molecule has 1 aromatic heterocycles. The molecule has 6 heteroatoms. The Morgan fingerprint density at radius 2 is 2.35 bits per heavy atom. The molecular formula is C14H19NO4S. The third-order valence-electron chi connectivity index (χ3n) is 3.61. The minimum Gasteiger partial charge on any atom is -0.481 e. The summed E-state index contributed by atoms with van der Waals surface area (Å²) in [7, 11) is 1.60. The minimum absolute atomic E-state index is 0.00932. The van der Waals surface area contributed by atoms with Gasteiger partial charge in [-0.3, -0.25) is 9.59 Å². The van der Waals surface area contributed by atoms with Crippen LogP contribution in [0.2, 0.25) is 0 Å². The van der Waals surface area contributed by atoms with E-state index in [1.165, 1.54) is 4.88 Å². The molecule has 0 spiro atoms. The first-order chi connectivity index (χ1) is 9.60. The Morgan fingerprint density at radius 1 is 1.55 bits per heavy atom. The summed E-state index contributed by atoms with van der Waals surface area (Å²) in [4.78, 5) is 26.0. The van der Waals surface area contributed by atoms with Gasteiger partial charge in [0.1, 0.15) is 0 Å². The molecule has 1 fully saturated rings. The van der Waals surface area contributed by atoms with Crippen molar-refractivity contribution in [2.75, 3.05) is 13.7 Å². The zero-order valence-corrected chi connectivity index (χ0v) is 12.3. The van der Waals surface area contributed by atoms with E-state index >= 15 is 0 Å². The molecule has 2 heterocycles. The van der Waals surface area contributed by atoms with Crippen LogP contribution in [0.4, 0.5) is 0 Å². The van der Waals surface area contributed by atoms with Crippen molar-refractivity contribution in [3.63, 3.8) is 0 Å². The molecule has 1 aromatic rings. The van der Waals surface area contributed by atoms with Gasteiger partial charge in [-0.2, -0.15) is 0 Å². The van der Waals surface area contributed by atoms with Crippen LogP contribution in [-0.4, -0.2) is 47.7 Å². The van der Waals surface area contributed by atoms with Crippen LogP contribution in [0.3, 0.4) is 0 Å². The number of likely N-dealkylation sites (tertiary alicyclic amines) is 1. The lowest BCUT2D eigenvalue weighted by Crippen LogP contribution is -2.37. The van der Waals surface area contributed by atoms with Crippen molar-refractivity contribution in [1.82, 2.24) is 4.90 Å². The van der Waals surface area contributed by atoms with E-state index < -0.39 is 5.97 Å². The van der Waals surface area contributed by atoms with Crippen LogP contribution in [0.5, 0.6) is 0 Å². The molecule has 1 saturated heterocycles. The second-order valence-corrected chi connectivity index (χ2v) is 6.00. The lowest BCUT2D eigenvalue weighted by atomic mass is 10.1. The summed E-state index contributed by atoms with van der Waals surface area (Å²) in [6, 6.07) is 3.73. The SMILES string of the molecule is COC1CC(CC(=O)O)N(C(=O)CCc2cccs2)C1. The van der Waals surface area contributed by atoms with E-state index in [1.807, 2.05) is 17.5 Å². The average molecular weight is 297 g/mol. The van der Waals surface area contributed by atoms with E-state index in [2.05, 4.69) is 0 Å². The van der Waals surface area contributed by atoms with E-state index in [-0.39, 0.29) is 24.5 Å². The summed E-state index contributed by atoms with van der Waals surface area (Å²) in [5.41, 5.74) is 0. The van der Waals surface area contributed by atoms with E-state index in [0.717, 1.165) is 0 Å². The summed E-state index contributed by atoms with van der Waals surface area (Å²) in [5.74, 6) is -0.855. The lowest BCUT2D eigenvalue weighted by Gasteiger charge is -2.23. The van der Waals surface area contributed by atoms with Crippen LogP contribution in [-0.2, 0) is 20.7 Å². The van der Waals surface area contributed by atoms with Crippen molar-refractivity contribution in [3.05, 3.63) is 22.4 Å². The molecule has 0 aliphatic carbocycles. The van der Waals surface area contributed by atoms with E-state index in [9.17, 15) is 9.59 Å². The molecule has 1 N–H and O–H groups in total. The molecule has 0 bridgehead atoms. The smallest absolute Gasteiger partial charge is 0.305 e. The Bertz CT molecular complexity index is 460. The van der Waals surface area contributed by atoms with E-state index in [1.54, 1.807) is 23.3 Å². The number of carboxylic acids is 1. The number of thiophene rings is 1. The maximum atomic E-state index is 12.3. The number of aryl methyl sites for hydroxylation is 1. The molecule has 0 radical (unpaired) electrons. The van der Waals surface area contributed by atoms with Gasteiger partial charge in [-0.1, -0.05) is 6.07 Å². The highest BCUT2D eigenvalue weighted by Crippen LogP contribution is 2.24. The third-order valence-corrected chi connectivity index (χ3v) is 4.54. The van der Waals surface area contributed by atoms with Crippen molar-refractivity contribution >= 4 is 23.2 Å². The number of hydrogen-bond acceptors (Lipinski definition) is 4. The van der Waals surface area contributed by atoms with E-state index in [4.69, 9.17) is 9.84 Å². The minimum atomic E-state index is -0.872.